The molecule has 0 atom stereocenters. The normalized spacial score (nSPS) is 13.6. The van der Waals surface area contributed by atoms with Gasteiger partial charge in [-0.05, 0) is 42.7 Å². The smallest absolute Gasteiger partial charge is 0.261 e. The molecule has 0 N–H and O–H groups in total. The van der Waals surface area contributed by atoms with Gasteiger partial charge in [-0.15, -0.1) is 0 Å². The summed E-state index contributed by atoms with van der Waals surface area (Å²) in [7, 11) is 0. The van der Waals surface area contributed by atoms with Crippen LogP contribution in [0.15, 0.2) is 42.5 Å². The number of carbonyl (C=O) groups is 1. The second-order valence-electron chi connectivity index (χ2n) is 5.75. The minimum Gasteiger partial charge on any atom is -0.481 e. The van der Waals surface area contributed by atoms with E-state index in [0.29, 0.717) is 11.6 Å². The Morgan fingerprint density at radius 2 is 1.83 bits per heavy atom. The molecule has 0 bridgehead atoms. The molecule has 0 aliphatic heterocycles. The molecular formula is C18H16F3NO2. The molecule has 24 heavy (non-hydrogen) atoms. The number of ether oxygens (including phenoxy) is 1. The van der Waals surface area contributed by atoms with E-state index in [1.54, 1.807) is 17.0 Å². The number of hydrogen-bond donors (Lipinski definition) is 0. The van der Waals surface area contributed by atoms with Crippen molar-refractivity contribution in [2.45, 2.75) is 25.4 Å². The molecule has 0 unspecified atom stereocenters. The zero-order chi connectivity index (χ0) is 17.1. The zero-order valence-electron chi connectivity index (χ0n) is 12.8. The van der Waals surface area contributed by atoms with Gasteiger partial charge in [-0.3, -0.25) is 4.79 Å². The standard InChI is InChI=1S/C18H16F3NO2/c19-13-3-1-2-12(8-13)10-22(15-5-6-15)18(23)11-24-17-7-4-14(20)9-16(17)21/h1-4,7-9,15H,5-6,10-11H2. The summed E-state index contributed by atoms with van der Waals surface area (Å²) in [5, 5.41) is 0. The van der Waals surface area contributed by atoms with Crippen LogP contribution in [-0.2, 0) is 11.3 Å². The van der Waals surface area contributed by atoms with Crippen LogP contribution in [0.5, 0.6) is 5.75 Å². The second-order valence-corrected chi connectivity index (χ2v) is 5.75. The zero-order valence-corrected chi connectivity index (χ0v) is 12.8. The van der Waals surface area contributed by atoms with Gasteiger partial charge in [0.15, 0.2) is 18.2 Å². The van der Waals surface area contributed by atoms with Gasteiger partial charge >= 0.3 is 0 Å². The summed E-state index contributed by atoms with van der Waals surface area (Å²) in [6, 6.07) is 9.06. The molecule has 0 radical (unpaired) electrons. The first kappa shape index (κ1) is 16.4. The molecule has 1 saturated carbocycles. The fourth-order valence-electron chi connectivity index (χ4n) is 2.45. The number of amides is 1. The van der Waals surface area contributed by atoms with Gasteiger partial charge in [0.1, 0.15) is 11.6 Å². The van der Waals surface area contributed by atoms with E-state index < -0.39 is 11.6 Å². The molecule has 1 amide bonds. The van der Waals surface area contributed by atoms with Gasteiger partial charge in [-0.25, -0.2) is 13.2 Å². The number of nitrogens with zero attached hydrogens (tertiary/aromatic N) is 1. The molecule has 126 valence electrons. The molecule has 2 aromatic carbocycles. The lowest BCUT2D eigenvalue weighted by atomic mass is 10.2. The highest BCUT2D eigenvalue weighted by atomic mass is 19.1. The quantitative estimate of drug-likeness (QED) is 0.806. The first-order valence-electron chi connectivity index (χ1n) is 7.64. The molecule has 0 saturated heterocycles. The van der Waals surface area contributed by atoms with E-state index in [-0.39, 0.29) is 36.7 Å². The maximum Gasteiger partial charge on any atom is 0.261 e. The van der Waals surface area contributed by atoms with E-state index in [2.05, 4.69) is 0 Å². The molecule has 1 aliphatic carbocycles. The van der Waals surface area contributed by atoms with Crippen LogP contribution in [0.1, 0.15) is 18.4 Å². The van der Waals surface area contributed by atoms with Crippen molar-refractivity contribution >= 4 is 5.91 Å². The largest absolute Gasteiger partial charge is 0.481 e. The van der Waals surface area contributed by atoms with Crippen LogP contribution in [0.3, 0.4) is 0 Å². The maximum absolute atomic E-state index is 13.5. The molecule has 0 heterocycles. The minimum atomic E-state index is -0.856. The highest BCUT2D eigenvalue weighted by Gasteiger charge is 2.32. The third-order valence-electron chi connectivity index (χ3n) is 3.80. The fraction of sp³-hybridized carbons (Fsp3) is 0.278. The Labute approximate surface area is 137 Å². The molecule has 3 nitrogen and oxygen atoms in total. The van der Waals surface area contributed by atoms with Crippen molar-refractivity contribution in [2.24, 2.45) is 0 Å². The molecule has 2 aromatic rings. The summed E-state index contributed by atoms with van der Waals surface area (Å²) in [6.45, 7) is -0.0785. The lowest BCUT2D eigenvalue weighted by molar-refractivity contribution is -0.134. The first-order valence-corrected chi connectivity index (χ1v) is 7.64. The fourth-order valence-corrected chi connectivity index (χ4v) is 2.45. The van der Waals surface area contributed by atoms with Crippen LogP contribution in [0, 0.1) is 17.5 Å². The third kappa shape index (κ3) is 4.07. The Kier molecular flexibility index (Phi) is 4.74. The van der Waals surface area contributed by atoms with Crippen molar-refractivity contribution in [3.63, 3.8) is 0 Å². The Morgan fingerprint density at radius 3 is 2.50 bits per heavy atom. The summed E-state index contributed by atoms with van der Waals surface area (Å²) in [5.41, 5.74) is 0.684. The van der Waals surface area contributed by atoms with Gasteiger partial charge in [-0.2, -0.15) is 0 Å². The van der Waals surface area contributed by atoms with Gasteiger partial charge < -0.3 is 9.64 Å². The number of carbonyl (C=O) groups excluding carboxylic acids is 1. The van der Waals surface area contributed by atoms with Crippen molar-refractivity contribution in [2.75, 3.05) is 6.61 Å². The molecule has 1 aliphatic rings. The molecule has 1 fully saturated rings. The molecule has 6 heteroatoms. The van der Waals surface area contributed by atoms with Gasteiger partial charge in [-0.1, -0.05) is 12.1 Å². The molecule has 0 aromatic heterocycles. The van der Waals surface area contributed by atoms with Crippen molar-refractivity contribution in [1.29, 1.82) is 0 Å². The molecule has 3 rings (SSSR count). The maximum atomic E-state index is 13.5. The highest BCUT2D eigenvalue weighted by Crippen LogP contribution is 2.29. The van der Waals surface area contributed by atoms with Gasteiger partial charge in [0.05, 0.1) is 0 Å². The monoisotopic (exact) mass is 335 g/mol. The molecular weight excluding hydrogens is 319 g/mol. The minimum absolute atomic E-state index is 0.0995. The van der Waals surface area contributed by atoms with E-state index in [9.17, 15) is 18.0 Å². The van der Waals surface area contributed by atoms with Crippen molar-refractivity contribution < 1.29 is 22.7 Å². The van der Waals surface area contributed by atoms with Crippen LogP contribution >= 0.6 is 0 Å². The summed E-state index contributed by atoms with van der Waals surface area (Å²) < 4.78 is 44.8. The summed E-state index contributed by atoms with van der Waals surface area (Å²) in [4.78, 5) is 14.0. The van der Waals surface area contributed by atoms with E-state index >= 15 is 0 Å². The predicted molar refractivity (Wildman–Crippen MR) is 81.8 cm³/mol. The average molecular weight is 335 g/mol. The second kappa shape index (κ2) is 6.95. The predicted octanol–water partition coefficient (Wildman–Crippen LogP) is 3.67. The summed E-state index contributed by atoms with van der Waals surface area (Å²) in [5.74, 6) is -2.42. The lowest BCUT2D eigenvalue weighted by Crippen LogP contribution is -2.36. The van der Waals surface area contributed by atoms with Crippen molar-refractivity contribution in [1.82, 2.24) is 4.90 Å². The van der Waals surface area contributed by atoms with Gasteiger partial charge in [0.2, 0.25) is 0 Å². The van der Waals surface area contributed by atoms with E-state index in [4.69, 9.17) is 4.74 Å². The highest BCUT2D eigenvalue weighted by molar-refractivity contribution is 5.78. The Morgan fingerprint density at radius 1 is 1.08 bits per heavy atom. The van der Waals surface area contributed by atoms with Crippen LogP contribution in [0.25, 0.3) is 0 Å². The van der Waals surface area contributed by atoms with E-state index in [1.807, 2.05) is 0 Å². The molecule has 0 spiro atoms. The Hall–Kier alpha value is -2.50. The first-order chi connectivity index (χ1) is 11.5. The van der Waals surface area contributed by atoms with Crippen molar-refractivity contribution in [3.8, 4) is 5.75 Å². The number of benzene rings is 2. The third-order valence-corrected chi connectivity index (χ3v) is 3.80. The Bertz CT molecular complexity index is 747. The van der Waals surface area contributed by atoms with Crippen LogP contribution in [-0.4, -0.2) is 23.5 Å². The summed E-state index contributed by atoms with van der Waals surface area (Å²) in [6.07, 6.45) is 1.76. The van der Waals surface area contributed by atoms with E-state index in [0.717, 1.165) is 25.0 Å². The number of hydrogen-bond acceptors (Lipinski definition) is 2. The van der Waals surface area contributed by atoms with Gasteiger partial charge in [0.25, 0.3) is 5.91 Å². The van der Waals surface area contributed by atoms with Crippen molar-refractivity contribution in [3.05, 3.63) is 65.5 Å². The van der Waals surface area contributed by atoms with Gasteiger partial charge in [0, 0.05) is 18.7 Å². The Balaban J connectivity index is 1.64. The number of rotatable bonds is 6. The van der Waals surface area contributed by atoms with Crippen LogP contribution < -0.4 is 4.74 Å². The van der Waals surface area contributed by atoms with Crippen LogP contribution in [0.2, 0.25) is 0 Å². The topological polar surface area (TPSA) is 29.5 Å². The summed E-state index contributed by atoms with van der Waals surface area (Å²) >= 11 is 0. The van der Waals surface area contributed by atoms with E-state index in [1.165, 1.54) is 12.1 Å². The SMILES string of the molecule is O=C(COc1ccc(F)cc1F)N(Cc1cccc(F)c1)C1CC1. The average Bonchev–Trinajstić information content (AvgIpc) is 3.36. The van der Waals surface area contributed by atoms with Crippen LogP contribution in [0.4, 0.5) is 13.2 Å². The lowest BCUT2D eigenvalue weighted by Gasteiger charge is -2.22. The number of halogens is 3.